The normalized spacial score (nSPS) is 22.5. The van der Waals surface area contributed by atoms with Crippen molar-refractivity contribution in [2.24, 2.45) is 11.8 Å². The van der Waals surface area contributed by atoms with Gasteiger partial charge in [0, 0.05) is 38.8 Å². The SMILES string of the molecule is CCn1c(=O)n(C2CCN(CC3CCCCCC(COCc4ccccc4)C3)CC2)c2ccccc21. The number of piperidine rings is 1. The molecule has 1 aromatic heterocycles. The lowest BCUT2D eigenvalue weighted by molar-refractivity contribution is 0.0637. The second-order valence-electron chi connectivity index (χ2n) is 11.0. The van der Waals surface area contributed by atoms with Crippen molar-refractivity contribution < 1.29 is 4.74 Å². The number of aromatic nitrogens is 2. The van der Waals surface area contributed by atoms with Crippen molar-refractivity contribution in [1.82, 2.24) is 14.0 Å². The summed E-state index contributed by atoms with van der Waals surface area (Å²) in [5.74, 6) is 1.44. The fraction of sp³-hybridized carbons (Fsp3) is 0.581. The highest BCUT2D eigenvalue weighted by molar-refractivity contribution is 5.76. The molecule has 0 N–H and O–H groups in total. The molecule has 2 heterocycles. The van der Waals surface area contributed by atoms with Crippen molar-refractivity contribution in [3.63, 3.8) is 0 Å². The van der Waals surface area contributed by atoms with Crippen LogP contribution < -0.4 is 5.69 Å². The summed E-state index contributed by atoms with van der Waals surface area (Å²) in [6, 6.07) is 19.1. The number of aryl methyl sites for hydroxylation is 1. The Morgan fingerprint density at radius 2 is 1.53 bits per heavy atom. The third kappa shape index (κ3) is 5.95. The first-order chi connectivity index (χ1) is 17.7. The molecule has 2 unspecified atom stereocenters. The quantitative estimate of drug-likeness (QED) is 0.375. The maximum Gasteiger partial charge on any atom is 0.329 e. The number of ether oxygens (including phenoxy) is 1. The minimum absolute atomic E-state index is 0.163. The molecule has 5 rings (SSSR count). The van der Waals surface area contributed by atoms with E-state index in [2.05, 4.69) is 64.9 Å². The van der Waals surface area contributed by atoms with Crippen LogP contribution in [-0.2, 0) is 17.9 Å². The second-order valence-corrected chi connectivity index (χ2v) is 11.0. The van der Waals surface area contributed by atoms with Gasteiger partial charge in [0.2, 0.25) is 0 Å². The van der Waals surface area contributed by atoms with Gasteiger partial charge < -0.3 is 9.64 Å². The second kappa shape index (κ2) is 12.2. The van der Waals surface area contributed by atoms with Gasteiger partial charge in [0.05, 0.1) is 17.6 Å². The molecule has 1 saturated heterocycles. The number of rotatable bonds is 8. The monoisotopic (exact) mass is 489 g/mol. The van der Waals surface area contributed by atoms with Crippen LogP contribution >= 0.6 is 0 Å². The lowest BCUT2D eigenvalue weighted by Gasteiger charge is -2.36. The smallest absolute Gasteiger partial charge is 0.329 e. The van der Waals surface area contributed by atoms with E-state index in [-0.39, 0.29) is 5.69 Å². The molecule has 194 valence electrons. The van der Waals surface area contributed by atoms with Crippen LogP contribution in [0.4, 0.5) is 0 Å². The van der Waals surface area contributed by atoms with Gasteiger partial charge in [0.25, 0.3) is 0 Å². The average Bonchev–Trinajstić information content (AvgIpc) is 3.18. The molecule has 36 heavy (non-hydrogen) atoms. The average molecular weight is 490 g/mol. The van der Waals surface area contributed by atoms with Gasteiger partial charge in [-0.1, -0.05) is 61.7 Å². The van der Waals surface area contributed by atoms with Crippen molar-refractivity contribution in [3.05, 3.63) is 70.6 Å². The first-order valence-electron chi connectivity index (χ1n) is 14.3. The molecular weight excluding hydrogens is 446 g/mol. The molecule has 3 aromatic rings. The van der Waals surface area contributed by atoms with Crippen LogP contribution in [0.2, 0.25) is 0 Å². The van der Waals surface area contributed by atoms with Gasteiger partial charge in [0.15, 0.2) is 0 Å². The van der Waals surface area contributed by atoms with Gasteiger partial charge in [-0.15, -0.1) is 0 Å². The summed E-state index contributed by atoms with van der Waals surface area (Å²) in [5.41, 5.74) is 3.60. The summed E-state index contributed by atoms with van der Waals surface area (Å²) in [6.07, 6.45) is 10.1. The number of fused-ring (bicyclic) bond motifs is 1. The molecule has 0 spiro atoms. The predicted molar refractivity (Wildman–Crippen MR) is 147 cm³/mol. The van der Waals surface area contributed by atoms with E-state index in [4.69, 9.17) is 4.74 Å². The van der Waals surface area contributed by atoms with E-state index in [1.165, 1.54) is 50.6 Å². The Kier molecular flexibility index (Phi) is 8.60. The Labute approximate surface area is 216 Å². The van der Waals surface area contributed by atoms with E-state index in [0.29, 0.717) is 12.0 Å². The van der Waals surface area contributed by atoms with Crippen molar-refractivity contribution in [1.29, 1.82) is 0 Å². The number of nitrogens with zero attached hydrogens (tertiary/aromatic N) is 3. The number of imidazole rings is 1. The zero-order valence-electron chi connectivity index (χ0n) is 22.0. The van der Waals surface area contributed by atoms with Crippen LogP contribution in [0.5, 0.6) is 0 Å². The van der Waals surface area contributed by atoms with Crippen LogP contribution in [-0.4, -0.2) is 40.3 Å². The first kappa shape index (κ1) is 25.3. The molecule has 1 saturated carbocycles. The summed E-state index contributed by atoms with van der Waals surface area (Å²) in [6.45, 7) is 7.79. The Hall–Kier alpha value is -2.37. The number of para-hydroxylation sites is 2. The van der Waals surface area contributed by atoms with Gasteiger partial charge in [-0.25, -0.2) is 4.79 Å². The molecule has 2 atom stereocenters. The molecule has 0 amide bonds. The fourth-order valence-electron chi connectivity index (χ4n) is 6.60. The van der Waals surface area contributed by atoms with Crippen molar-refractivity contribution in [3.8, 4) is 0 Å². The molecule has 2 fully saturated rings. The van der Waals surface area contributed by atoms with E-state index in [1.807, 2.05) is 10.6 Å². The molecule has 5 heteroatoms. The number of benzene rings is 2. The largest absolute Gasteiger partial charge is 0.376 e. The molecule has 1 aliphatic heterocycles. The summed E-state index contributed by atoms with van der Waals surface area (Å²) < 4.78 is 10.2. The summed E-state index contributed by atoms with van der Waals surface area (Å²) in [5, 5.41) is 0. The van der Waals surface area contributed by atoms with Gasteiger partial charge in [-0.3, -0.25) is 9.13 Å². The van der Waals surface area contributed by atoms with E-state index in [1.54, 1.807) is 0 Å². The van der Waals surface area contributed by atoms with Crippen LogP contribution in [0.25, 0.3) is 11.0 Å². The standard InChI is InChI=1S/C31H43N3O2/c1-2-33-29-15-9-10-16-30(29)34(31(33)35)28-17-19-32(20-18-28)22-26-13-7-4-8-14-27(21-26)24-36-23-25-11-5-3-6-12-25/h3,5-6,9-12,15-16,26-28H,2,4,7-8,13-14,17-24H2,1H3. The molecule has 2 aromatic carbocycles. The zero-order chi connectivity index (χ0) is 24.7. The summed E-state index contributed by atoms with van der Waals surface area (Å²) in [7, 11) is 0. The van der Waals surface area contributed by atoms with Crippen molar-refractivity contribution in [2.45, 2.75) is 77.5 Å². The van der Waals surface area contributed by atoms with E-state index in [9.17, 15) is 4.79 Å². The molecule has 1 aliphatic carbocycles. The summed E-state index contributed by atoms with van der Waals surface area (Å²) >= 11 is 0. The lowest BCUT2D eigenvalue weighted by atomic mass is 9.84. The fourth-order valence-corrected chi connectivity index (χ4v) is 6.60. The van der Waals surface area contributed by atoms with E-state index in [0.717, 1.165) is 62.6 Å². The lowest BCUT2D eigenvalue weighted by Crippen LogP contribution is -2.40. The zero-order valence-corrected chi connectivity index (χ0v) is 22.0. The first-order valence-corrected chi connectivity index (χ1v) is 14.3. The van der Waals surface area contributed by atoms with E-state index >= 15 is 0 Å². The highest BCUT2D eigenvalue weighted by Crippen LogP contribution is 2.31. The van der Waals surface area contributed by atoms with Crippen LogP contribution in [0.3, 0.4) is 0 Å². The minimum atomic E-state index is 0.163. The maximum atomic E-state index is 13.2. The molecular formula is C31H43N3O2. The van der Waals surface area contributed by atoms with Crippen molar-refractivity contribution in [2.75, 3.05) is 26.2 Å². The highest BCUT2D eigenvalue weighted by Gasteiger charge is 2.27. The molecule has 0 bridgehead atoms. The summed E-state index contributed by atoms with van der Waals surface area (Å²) in [4.78, 5) is 15.9. The predicted octanol–water partition coefficient (Wildman–Crippen LogP) is 6.26. The van der Waals surface area contributed by atoms with Crippen LogP contribution in [0.1, 0.15) is 69.9 Å². The third-order valence-electron chi connectivity index (χ3n) is 8.48. The van der Waals surface area contributed by atoms with Gasteiger partial charge in [-0.05, 0) is 68.6 Å². The molecule has 0 radical (unpaired) electrons. The van der Waals surface area contributed by atoms with E-state index < -0.39 is 0 Å². The Morgan fingerprint density at radius 3 is 2.28 bits per heavy atom. The van der Waals surface area contributed by atoms with Crippen molar-refractivity contribution >= 4 is 11.0 Å². The number of likely N-dealkylation sites (tertiary alicyclic amines) is 1. The molecule has 5 nitrogen and oxygen atoms in total. The Balaban J connectivity index is 1.15. The maximum absolute atomic E-state index is 13.2. The van der Waals surface area contributed by atoms with Crippen LogP contribution in [0.15, 0.2) is 59.4 Å². The number of hydrogen-bond acceptors (Lipinski definition) is 3. The topological polar surface area (TPSA) is 39.4 Å². The number of hydrogen-bond donors (Lipinski definition) is 0. The van der Waals surface area contributed by atoms with Crippen LogP contribution in [0, 0.1) is 11.8 Å². The third-order valence-corrected chi connectivity index (χ3v) is 8.48. The minimum Gasteiger partial charge on any atom is -0.376 e. The van der Waals surface area contributed by atoms with Gasteiger partial charge in [-0.2, -0.15) is 0 Å². The Bertz CT molecular complexity index is 1140. The molecule has 2 aliphatic rings. The Morgan fingerprint density at radius 1 is 0.833 bits per heavy atom. The van der Waals surface area contributed by atoms with Gasteiger partial charge in [0.1, 0.15) is 0 Å². The van der Waals surface area contributed by atoms with Gasteiger partial charge >= 0.3 is 5.69 Å². The highest BCUT2D eigenvalue weighted by atomic mass is 16.5.